The van der Waals surface area contributed by atoms with Crippen LogP contribution in [-0.4, -0.2) is 46.6 Å². The van der Waals surface area contributed by atoms with Gasteiger partial charge in [0.1, 0.15) is 6.04 Å². The third kappa shape index (κ3) is 7.60. The van der Waals surface area contributed by atoms with Gasteiger partial charge in [0.15, 0.2) is 0 Å². The molecule has 1 fully saturated rings. The summed E-state index contributed by atoms with van der Waals surface area (Å²) >= 11 is 0. The van der Waals surface area contributed by atoms with Gasteiger partial charge in [-0.25, -0.2) is 0 Å². The first-order valence-electron chi connectivity index (χ1n) is 12.9. The topological polar surface area (TPSA) is 131 Å². The van der Waals surface area contributed by atoms with Crippen molar-refractivity contribution in [3.8, 4) is 0 Å². The van der Waals surface area contributed by atoms with Crippen molar-refractivity contribution >= 4 is 11.9 Å². The Hall–Kier alpha value is -3.30. The molecule has 1 aliphatic rings. The molecule has 1 amide bonds. The third-order valence-electron chi connectivity index (χ3n) is 7.15. The van der Waals surface area contributed by atoms with Crippen LogP contribution in [0.5, 0.6) is 0 Å². The number of nitro groups is 1. The highest BCUT2D eigenvalue weighted by Gasteiger charge is 2.57. The van der Waals surface area contributed by atoms with Crippen molar-refractivity contribution < 1.29 is 24.4 Å². The molecule has 6 atom stereocenters. The highest BCUT2D eigenvalue weighted by atomic mass is 16.6. The van der Waals surface area contributed by atoms with Gasteiger partial charge in [0, 0.05) is 17.9 Å². The second kappa shape index (κ2) is 13.9. The highest BCUT2D eigenvalue weighted by molar-refractivity contribution is 5.83. The number of ether oxygens (including phenoxy) is 1. The summed E-state index contributed by atoms with van der Waals surface area (Å²) in [5.74, 6) is -1.95. The Morgan fingerprint density at radius 2 is 1.76 bits per heavy atom. The van der Waals surface area contributed by atoms with Crippen LogP contribution in [0, 0.1) is 22.0 Å². The molecular weight excluding hydrogens is 474 g/mol. The Kier molecular flexibility index (Phi) is 10.6. The Labute approximate surface area is 217 Å². The summed E-state index contributed by atoms with van der Waals surface area (Å²) in [5, 5.41) is 27.5. The summed E-state index contributed by atoms with van der Waals surface area (Å²) < 4.78 is 6.39. The number of carbonyl (C=O) groups excluding carboxylic acids is 1. The van der Waals surface area contributed by atoms with Crippen molar-refractivity contribution in [1.82, 2.24) is 10.6 Å². The number of hydrogen-bond donors (Lipinski definition) is 3. The number of aliphatic carboxylic acids is 1. The van der Waals surface area contributed by atoms with Crippen molar-refractivity contribution in [2.24, 2.45) is 11.8 Å². The van der Waals surface area contributed by atoms with E-state index in [0.29, 0.717) is 19.4 Å². The van der Waals surface area contributed by atoms with Gasteiger partial charge < -0.3 is 15.2 Å². The predicted octanol–water partition coefficient (Wildman–Crippen LogP) is 3.96. The first-order valence-corrected chi connectivity index (χ1v) is 12.9. The second-order valence-electron chi connectivity index (χ2n) is 9.67. The molecule has 3 unspecified atom stereocenters. The maximum Gasteiger partial charge on any atom is 0.303 e. The molecule has 0 saturated carbocycles. The Balaban J connectivity index is 1.89. The smallest absolute Gasteiger partial charge is 0.303 e. The number of carbonyl (C=O) groups is 2. The molecule has 0 aromatic heterocycles. The van der Waals surface area contributed by atoms with Crippen LogP contribution in [0.25, 0.3) is 0 Å². The summed E-state index contributed by atoms with van der Waals surface area (Å²) in [6.45, 7) is 4.61. The lowest BCUT2D eigenvalue weighted by Crippen LogP contribution is -2.51. The van der Waals surface area contributed by atoms with Gasteiger partial charge in [0.05, 0.1) is 24.7 Å². The largest absolute Gasteiger partial charge is 0.481 e. The fraction of sp³-hybridized carbons (Fsp3) is 0.500. The molecule has 2 aromatic carbocycles. The number of carboxylic acids is 1. The highest BCUT2D eigenvalue weighted by Crippen LogP contribution is 2.39. The molecule has 9 heteroatoms. The summed E-state index contributed by atoms with van der Waals surface area (Å²) in [4.78, 5) is 36.5. The number of nitrogens with one attached hydrogen (secondary N) is 2. The molecule has 1 saturated heterocycles. The molecule has 1 aliphatic heterocycles. The van der Waals surface area contributed by atoms with Crippen LogP contribution >= 0.6 is 0 Å². The molecule has 0 bridgehead atoms. The van der Waals surface area contributed by atoms with Gasteiger partial charge in [-0.05, 0) is 29.9 Å². The van der Waals surface area contributed by atoms with E-state index in [9.17, 15) is 19.7 Å². The molecular formula is C28H37N3O6. The normalized spacial score (nSPS) is 22.8. The molecule has 3 rings (SSSR count). The Bertz CT molecular complexity index is 1020. The molecule has 9 nitrogen and oxygen atoms in total. The van der Waals surface area contributed by atoms with Crippen LogP contribution in [-0.2, 0) is 20.9 Å². The number of amides is 1. The van der Waals surface area contributed by atoms with Crippen molar-refractivity contribution in [3.05, 3.63) is 81.9 Å². The maximum absolute atomic E-state index is 13.4. The van der Waals surface area contributed by atoms with E-state index in [2.05, 4.69) is 10.6 Å². The van der Waals surface area contributed by atoms with E-state index in [4.69, 9.17) is 9.84 Å². The fourth-order valence-electron chi connectivity index (χ4n) is 5.05. The molecule has 2 aromatic rings. The van der Waals surface area contributed by atoms with E-state index < -0.39 is 36.1 Å². The van der Waals surface area contributed by atoms with Gasteiger partial charge in [-0.15, -0.1) is 0 Å². The second-order valence-corrected chi connectivity index (χ2v) is 9.67. The summed E-state index contributed by atoms with van der Waals surface area (Å²) in [6, 6.07) is 16.3. The minimum absolute atomic E-state index is 0.0293. The van der Waals surface area contributed by atoms with E-state index in [1.165, 1.54) is 0 Å². The van der Waals surface area contributed by atoms with Gasteiger partial charge in [-0.3, -0.25) is 25.0 Å². The number of rotatable bonds is 14. The number of benzene rings is 2. The molecule has 200 valence electrons. The average Bonchev–Trinajstić information content (AvgIpc) is 3.30. The zero-order valence-corrected chi connectivity index (χ0v) is 21.4. The Morgan fingerprint density at radius 3 is 2.35 bits per heavy atom. The lowest BCUT2D eigenvalue weighted by atomic mass is 9.80. The van der Waals surface area contributed by atoms with Crippen LogP contribution in [0.15, 0.2) is 60.7 Å². The van der Waals surface area contributed by atoms with Crippen molar-refractivity contribution in [2.75, 3.05) is 6.54 Å². The van der Waals surface area contributed by atoms with Crippen LogP contribution in [0.1, 0.15) is 56.7 Å². The van der Waals surface area contributed by atoms with Gasteiger partial charge in [0.2, 0.25) is 11.9 Å². The summed E-state index contributed by atoms with van der Waals surface area (Å²) in [5.41, 5.74) is 1.70. The predicted molar refractivity (Wildman–Crippen MR) is 139 cm³/mol. The van der Waals surface area contributed by atoms with Crippen LogP contribution < -0.4 is 10.6 Å². The Morgan fingerprint density at radius 1 is 1.11 bits per heavy atom. The molecule has 37 heavy (non-hydrogen) atoms. The third-order valence-corrected chi connectivity index (χ3v) is 7.15. The summed E-state index contributed by atoms with van der Waals surface area (Å²) in [7, 11) is 0. The number of hydrogen-bond acceptors (Lipinski definition) is 6. The monoisotopic (exact) mass is 511 g/mol. The number of nitrogens with zero attached hydrogens (tertiary/aromatic N) is 1. The minimum atomic E-state index is -1.07. The summed E-state index contributed by atoms with van der Waals surface area (Å²) in [6.07, 6.45) is 1.18. The molecule has 0 radical (unpaired) electrons. The lowest BCUT2D eigenvalue weighted by Gasteiger charge is -2.32. The average molecular weight is 512 g/mol. The maximum atomic E-state index is 13.4. The van der Waals surface area contributed by atoms with E-state index in [1.54, 1.807) is 0 Å². The minimum Gasteiger partial charge on any atom is -0.481 e. The lowest BCUT2D eigenvalue weighted by molar-refractivity contribution is -0.535. The van der Waals surface area contributed by atoms with Crippen LogP contribution in [0.2, 0.25) is 0 Å². The van der Waals surface area contributed by atoms with Crippen molar-refractivity contribution in [2.45, 2.75) is 70.4 Å². The SMILES string of the molecule is CC[C@H](C)C(OCc1ccccc1)C1C([N+](=O)[O-])[C@H](c2ccccc2)N[C@@H]1C(=O)NCCCCC(=O)O. The van der Waals surface area contributed by atoms with Crippen molar-refractivity contribution in [3.63, 3.8) is 0 Å². The molecule has 0 spiro atoms. The quantitative estimate of drug-likeness (QED) is 0.199. The van der Waals surface area contributed by atoms with E-state index in [-0.39, 0.29) is 29.8 Å². The van der Waals surface area contributed by atoms with E-state index in [0.717, 1.165) is 17.5 Å². The number of unbranched alkanes of at least 4 members (excludes halogenated alkanes) is 1. The first-order chi connectivity index (χ1) is 17.8. The van der Waals surface area contributed by atoms with Crippen LogP contribution in [0.3, 0.4) is 0 Å². The van der Waals surface area contributed by atoms with Crippen LogP contribution in [0.4, 0.5) is 0 Å². The van der Waals surface area contributed by atoms with E-state index in [1.807, 2.05) is 74.5 Å². The fourth-order valence-corrected chi connectivity index (χ4v) is 5.05. The number of carboxylic acid groups (broad SMARTS) is 1. The van der Waals surface area contributed by atoms with Crippen molar-refractivity contribution in [1.29, 1.82) is 0 Å². The van der Waals surface area contributed by atoms with Gasteiger partial charge in [-0.2, -0.15) is 0 Å². The zero-order chi connectivity index (χ0) is 26.8. The molecule has 1 heterocycles. The van der Waals surface area contributed by atoms with Gasteiger partial charge in [0.25, 0.3) is 0 Å². The first kappa shape index (κ1) is 28.3. The molecule has 0 aliphatic carbocycles. The van der Waals surface area contributed by atoms with E-state index >= 15 is 0 Å². The standard InChI is InChI=1S/C28H37N3O6/c1-3-19(2)27(37-18-20-12-6-4-7-13-20)23-25(28(34)29-17-11-10-16-22(32)33)30-24(26(23)31(35)36)21-14-8-5-9-15-21/h4-9,12-15,19,23-27,30H,3,10-11,16-18H2,1-2H3,(H,29,34)(H,32,33)/t19-,23?,24-,25-,26?,27?/m0/s1. The zero-order valence-electron chi connectivity index (χ0n) is 21.4. The van der Waals surface area contributed by atoms with Gasteiger partial charge >= 0.3 is 5.97 Å². The van der Waals surface area contributed by atoms with Gasteiger partial charge in [-0.1, -0.05) is 80.9 Å². The molecule has 3 N–H and O–H groups in total.